The Kier molecular flexibility index (Phi) is 5.71. The Morgan fingerprint density at radius 3 is 2.25 bits per heavy atom. The Morgan fingerprint density at radius 1 is 1.07 bits per heavy atom. The first-order chi connectivity index (χ1) is 13.3. The van der Waals surface area contributed by atoms with E-state index in [2.05, 4.69) is 15.1 Å². The number of sulfonamides is 1. The Hall–Kier alpha value is -2.84. The van der Waals surface area contributed by atoms with E-state index in [-0.39, 0.29) is 10.8 Å². The van der Waals surface area contributed by atoms with Crippen molar-refractivity contribution in [3.63, 3.8) is 0 Å². The maximum Gasteiger partial charge on any atom is 0.261 e. The Bertz CT molecular complexity index is 1090. The SMILES string of the molecule is CCn1ncc(C(=O)Nc2ccc(S(=O)(=O)Nc3ccc(Cl)cc3)cc2)c1C. The van der Waals surface area contributed by atoms with Crippen LogP contribution in [0.5, 0.6) is 0 Å². The van der Waals surface area contributed by atoms with E-state index in [9.17, 15) is 13.2 Å². The van der Waals surface area contributed by atoms with Gasteiger partial charge in [-0.15, -0.1) is 0 Å². The fourth-order valence-corrected chi connectivity index (χ4v) is 3.82. The van der Waals surface area contributed by atoms with Gasteiger partial charge in [-0.05, 0) is 62.4 Å². The van der Waals surface area contributed by atoms with Gasteiger partial charge in [-0.25, -0.2) is 8.42 Å². The quantitative estimate of drug-likeness (QED) is 0.634. The number of carbonyl (C=O) groups excluding carboxylic acids is 1. The molecule has 0 saturated carbocycles. The first-order valence-electron chi connectivity index (χ1n) is 8.52. The number of hydrogen-bond acceptors (Lipinski definition) is 4. The van der Waals surface area contributed by atoms with E-state index in [0.29, 0.717) is 28.5 Å². The minimum atomic E-state index is -3.75. The molecule has 28 heavy (non-hydrogen) atoms. The van der Waals surface area contributed by atoms with Crippen LogP contribution in [0, 0.1) is 6.92 Å². The molecule has 2 aromatic carbocycles. The van der Waals surface area contributed by atoms with Crippen molar-refractivity contribution in [1.82, 2.24) is 9.78 Å². The van der Waals surface area contributed by atoms with Crippen LogP contribution in [0.15, 0.2) is 59.6 Å². The van der Waals surface area contributed by atoms with E-state index in [0.717, 1.165) is 5.69 Å². The molecule has 0 bridgehead atoms. The maximum absolute atomic E-state index is 12.5. The Labute approximate surface area is 168 Å². The zero-order valence-electron chi connectivity index (χ0n) is 15.3. The van der Waals surface area contributed by atoms with Crippen LogP contribution in [-0.2, 0) is 16.6 Å². The Morgan fingerprint density at radius 2 is 1.68 bits per heavy atom. The van der Waals surface area contributed by atoms with Gasteiger partial charge in [0.25, 0.3) is 15.9 Å². The lowest BCUT2D eigenvalue weighted by molar-refractivity contribution is 0.102. The largest absolute Gasteiger partial charge is 0.322 e. The summed E-state index contributed by atoms with van der Waals surface area (Å²) in [7, 11) is -3.75. The lowest BCUT2D eigenvalue weighted by atomic mass is 10.2. The number of aromatic nitrogens is 2. The number of aryl methyl sites for hydroxylation is 1. The molecule has 9 heteroatoms. The molecule has 2 N–H and O–H groups in total. The molecule has 0 saturated heterocycles. The van der Waals surface area contributed by atoms with E-state index >= 15 is 0 Å². The third-order valence-electron chi connectivity index (χ3n) is 4.17. The molecule has 7 nitrogen and oxygen atoms in total. The van der Waals surface area contributed by atoms with Gasteiger partial charge in [0.05, 0.1) is 16.7 Å². The molecule has 146 valence electrons. The van der Waals surface area contributed by atoms with Crippen LogP contribution in [0.2, 0.25) is 5.02 Å². The van der Waals surface area contributed by atoms with Crippen LogP contribution < -0.4 is 10.0 Å². The van der Waals surface area contributed by atoms with Crippen molar-refractivity contribution in [3.8, 4) is 0 Å². The van der Waals surface area contributed by atoms with Gasteiger partial charge < -0.3 is 5.32 Å². The summed E-state index contributed by atoms with van der Waals surface area (Å²) in [5.41, 5.74) is 2.14. The van der Waals surface area contributed by atoms with Crippen LogP contribution in [0.25, 0.3) is 0 Å². The average Bonchev–Trinajstić information content (AvgIpc) is 3.04. The predicted octanol–water partition coefficient (Wildman–Crippen LogP) is 3.92. The van der Waals surface area contributed by atoms with Gasteiger partial charge in [0, 0.05) is 28.6 Å². The molecule has 0 aliphatic carbocycles. The summed E-state index contributed by atoms with van der Waals surface area (Å²) >= 11 is 5.81. The zero-order chi connectivity index (χ0) is 20.3. The number of carbonyl (C=O) groups is 1. The van der Waals surface area contributed by atoms with Crippen LogP contribution in [0.1, 0.15) is 23.0 Å². The number of anilines is 2. The second-order valence-electron chi connectivity index (χ2n) is 6.05. The summed E-state index contributed by atoms with van der Waals surface area (Å²) in [5, 5.41) is 7.41. The summed E-state index contributed by atoms with van der Waals surface area (Å²) < 4.78 is 29.2. The molecule has 0 radical (unpaired) electrons. The smallest absolute Gasteiger partial charge is 0.261 e. The highest BCUT2D eigenvalue weighted by Crippen LogP contribution is 2.20. The van der Waals surface area contributed by atoms with Crippen molar-refractivity contribution in [1.29, 1.82) is 0 Å². The van der Waals surface area contributed by atoms with Gasteiger partial charge in [-0.3, -0.25) is 14.2 Å². The van der Waals surface area contributed by atoms with Crippen molar-refractivity contribution in [3.05, 3.63) is 71.0 Å². The average molecular weight is 419 g/mol. The minimum absolute atomic E-state index is 0.0791. The van der Waals surface area contributed by atoms with Gasteiger partial charge >= 0.3 is 0 Å². The van der Waals surface area contributed by atoms with Crippen molar-refractivity contribution in [2.45, 2.75) is 25.3 Å². The van der Waals surface area contributed by atoms with Crippen molar-refractivity contribution < 1.29 is 13.2 Å². The van der Waals surface area contributed by atoms with Gasteiger partial charge in [0.2, 0.25) is 0 Å². The van der Waals surface area contributed by atoms with Crippen molar-refractivity contribution in [2.75, 3.05) is 10.0 Å². The van der Waals surface area contributed by atoms with Gasteiger partial charge in [-0.2, -0.15) is 5.10 Å². The fourth-order valence-electron chi connectivity index (χ4n) is 2.64. The number of nitrogens with one attached hydrogen (secondary N) is 2. The number of benzene rings is 2. The molecule has 0 unspecified atom stereocenters. The van der Waals surface area contributed by atoms with Crippen LogP contribution in [-0.4, -0.2) is 24.1 Å². The first-order valence-corrected chi connectivity index (χ1v) is 10.4. The molecule has 0 atom stereocenters. The highest BCUT2D eigenvalue weighted by atomic mass is 35.5. The van der Waals surface area contributed by atoms with Gasteiger partial charge in [-0.1, -0.05) is 11.6 Å². The lowest BCUT2D eigenvalue weighted by Crippen LogP contribution is -2.14. The van der Waals surface area contributed by atoms with Gasteiger partial charge in [0.15, 0.2) is 0 Å². The fraction of sp³-hybridized carbons (Fsp3) is 0.158. The van der Waals surface area contributed by atoms with E-state index in [1.54, 1.807) is 28.9 Å². The second kappa shape index (κ2) is 8.04. The summed E-state index contributed by atoms with van der Waals surface area (Å²) in [4.78, 5) is 12.5. The monoisotopic (exact) mass is 418 g/mol. The van der Waals surface area contributed by atoms with E-state index in [4.69, 9.17) is 11.6 Å². The molecule has 3 aromatic rings. The van der Waals surface area contributed by atoms with E-state index < -0.39 is 10.0 Å². The Balaban J connectivity index is 1.72. The van der Waals surface area contributed by atoms with E-state index in [1.165, 1.54) is 30.5 Å². The number of nitrogens with zero attached hydrogens (tertiary/aromatic N) is 2. The third-order valence-corrected chi connectivity index (χ3v) is 5.82. The normalized spacial score (nSPS) is 11.2. The number of rotatable bonds is 6. The highest BCUT2D eigenvalue weighted by Gasteiger charge is 2.16. The van der Waals surface area contributed by atoms with Crippen LogP contribution >= 0.6 is 11.6 Å². The standard InChI is InChI=1S/C19H19ClN4O3S/c1-3-24-13(2)18(12-21-24)19(25)22-15-8-10-17(11-9-15)28(26,27)23-16-6-4-14(20)5-7-16/h4-12,23H,3H2,1-2H3,(H,22,25). The molecule has 3 rings (SSSR count). The summed E-state index contributed by atoms with van der Waals surface area (Å²) in [6.07, 6.45) is 1.52. The highest BCUT2D eigenvalue weighted by molar-refractivity contribution is 7.92. The molecular formula is C19H19ClN4O3S. The number of hydrogen-bond donors (Lipinski definition) is 2. The molecule has 1 aromatic heterocycles. The van der Waals surface area contributed by atoms with Crippen molar-refractivity contribution in [2.24, 2.45) is 0 Å². The maximum atomic E-state index is 12.5. The van der Waals surface area contributed by atoms with Crippen molar-refractivity contribution >= 4 is 38.9 Å². The molecule has 0 aliphatic heterocycles. The van der Waals surface area contributed by atoms with E-state index in [1.807, 2.05) is 13.8 Å². The summed E-state index contributed by atoms with van der Waals surface area (Å²) in [5.74, 6) is -0.299. The predicted molar refractivity (Wildman–Crippen MR) is 109 cm³/mol. The molecule has 0 spiro atoms. The summed E-state index contributed by atoms with van der Waals surface area (Å²) in [6, 6.07) is 12.3. The molecule has 0 aliphatic rings. The molecule has 1 amide bonds. The number of halogens is 1. The van der Waals surface area contributed by atoms with Gasteiger partial charge in [0.1, 0.15) is 0 Å². The first kappa shape index (κ1) is 19.9. The topological polar surface area (TPSA) is 93.1 Å². The minimum Gasteiger partial charge on any atom is -0.322 e. The number of amides is 1. The second-order valence-corrected chi connectivity index (χ2v) is 8.17. The summed E-state index contributed by atoms with van der Waals surface area (Å²) in [6.45, 7) is 4.44. The third kappa shape index (κ3) is 4.35. The molecule has 1 heterocycles. The molecular weight excluding hydrogens is 400 g/mol. The molecule has 0 fully saturated rings. The zero-order valence-corrected chi connectivity index (χ0v) is 16.9. The van der Waals surface area contributed by atoms with Crippen LogP contribution in [0.4, 0.5) is 11.4 Å². The lowest BCUT2D eigenvalue weighted by Gasteiger charge is -2.10. The van der Waals surface area contributed by atoms with Crippen LogP contribution in [0.3, 0.4) is 0 Å².